The summed E-state index contributed by atoms with van der Waals surface area (Å²) in [7, 11) is 0. The fourth-order valence-electron chi connectivity index (χ4n) is 2.85. The number of ether oxygens (including phenoxy) is 1. The van der Waals surface area contributed by atoms with Crippen LogP contribution in [0.4, 0.5) is 0 Å². The molecule has 28 heavy (non-hydrogen) atoms. The van der Waals surface area contributed by atoms with E-state index in [9.17, 15) is 9.59 Å². The van der Waals surface area contributed by atoms with Crippen LogP contribution in [0.3, 0.4) is 0 Å². The summed E-state index contributed by atoms with van der Waals surface area (Å²) in [6, 6.07) is 11.4. The van der Waals surface area contributed by atoms with Crippen LogP contribution >= 0.6 is 0 Å². The summed E-state index contributed by atoms with van der Waals surface area (Å²) in [5, 5.41) is 6.92. The molecular weight excluding hydrogens is 356 g/mol. The Hall–Kier alpha value is -3.35. The summed E-state index contributed by atoms with van der Waals surface area (Å²) < 4.78 is 7.29. The first-order valence-electron chi connectivity index (χ1n) is 9.15. The van der Waals surface area contributed by atoms with Crippen LogP contribution in [0, 0.1) is 0 Å². The third kappa shape index (κ3) is 4.31. The minimum atomic E-state index is -0.634. The van der Waals surface area contributed by atoms with Gasteiger partial charge in [-0.05, 0) is 48.2 Å². The van der Waals surface area contributed by atoms with E-state index in [1.54, 1.807) is 23.7 Å². The number of rotatable bonds is 7. The van der Waals surface area contributed by atoms with Crippen LogP contribution in [0.5, 0.6) is 5.75 Å². The van der Waals surface area contributed by atoms with E-state index in [0.29, 0.717) is 29.3 Å². The summed E-state index contributed by atoms with van der Waals surface area (Å²) in [5.74, 6) is 0.329. The van der Waals surface area contributed by atoms with Gasteiger partial charge in [0.1, 0.15) is 5.75 Å². The molecule has 7 heteroatoms. The molecule has 3 N–H and O–H groups in total. The van der Waals surface area contributed by atoms with E-state index in [1.807, 2.05) is 30.3 Å². The van der Waals surface area contributed by atoms with E-state index in [-0.39, 0.29) is 5.91 Å². The molecule has 0 aliphatic carbocycles. The van der Waals surface area contributed by atoms with Crippen molar-refractivity contribution in [2.75, 3.05) is 0 Å². The number of aromatic nitrogens is 2. The second kappa shape index (κ2) is 8.12. The zero-order valence-corrected chi connectivity index (χ0v) is 16.2. The number of nitrogens with one attached hydrogen (secondary N) is 1. The number of hydrogen-bond acceptors (Lipinski definition) is 4. The Morgan fingerprint density at radius 1 is 1.18 bits per heavy atom. The van der Waals surface area contributed by atoms with Crippen molar-refractivity contribution in [3.8, 4) is 5.75 Å². The molecule has 3 aromatic rings. The summed E-state index contributed by atoms with van der Waals surface area (Å²) >= 11 is 0. The molecule has 2 heterocycles. The molecule has 3 rings (SSSR count). The van der Waals surface area contributed by atoms with E-state index in [2.05, 4.69) is 24.3 Å². The smallest absolute Gasteiger partial charge is 0.261 e. The maximum Gasteiger partial charge on any atom is 0.261 e. The normalized spacial score (nSPS) is 12.1. The highest BCUT2D eigenvalue weighted by Gasteiger charge is 2.15. The van der Waals surface area contributed by atoms with Gasteiger partial charge in [-0.3, -0.25) is 9.59 Å². The molecule has 0 bridgehead atoms. The quantitative estimate of drug-likeness (QED) is 0.658. The van der Waals surface area contributed by atoms with Gasteiger partial charge in [0.2, 0.25) is 0 Å². The minimum Gasteiger partial charge on any atom is -0.481 e. The van der Waals surface area contributed by atoms with Crippen molar-refractivity contribution in [1.29, 1.82) is 0 Å². The average Bonchev–Trinajstić information content (AvgIpc) is 3.10. The second-order valence-corrected chi connectivity index (χ2v) is 6.99. The van der Waals surface area contributed by atoms with Gasteiger partial charge in [0.25, 0.3) is 11.8 Å². The van der Waals surface area contributed by atoms with E-state index in [4.69, 9.17) is 10.5 Å². The lowest BCUT2D eigenvalue weighted by Gasteiger charge is -2.15. The molecule has 0 fully saturated rings. The largest absolute Gasteiger partial charge is 0.481 e. The first-order chi connectivity index (χ1) is 13.3. The molecule has 0 saturated carbocycles. The Bertz CT molecular complexity index is 993. The van der Waals surface area contributed by atoms with Crippen LogP contribution in [-0.2, 0) is 11.3 Å². The number of primary amides is 1. The maximum atomic E-state index is 12.4. The molecule has 1 unspecified atom stereocenters. The number of amides is 2. The number of carbonyl (C=O) groups excluding carboxylic acids is 2. The second-order valence-electron chi connectivity index (χ2n) is 6.99. The first-order valence-corrected chi connectivity index (χ1v) is 9.15. The Kier molecular flexibility index (Phi) is 5.63. The predicted octanol–water partition coefficient (Wildman–Crippen LogP) is 2.64. The average molecular weight is 380 g/mol. The van der Waals surface area contributed by atoms with Gasteiger partial charge in [-0.15, -0.1) is 0 Å². The monoisotopic (exact) mass is 380 g/mol. The Labute approximate surface area is 163 Å². The molecular formula is C21H24N4O3. The third-order valence-corrected chi connectivity index (χ3v) is 4.55. The summed E-state index contributed by atoms with van der Waals surface area (Å²) in [6.45, 7) is 6.26. The maximum absolute atomic E-state index is 12.4. The third-order valence-electron chi connectivity index (χ3n) is 4.55. The van der Waals surface area contributed by atoms with Crippen LogP contribution in [0.1, 0.15) is 48.2 Å². The molecule has 0 spiro atoms. The highest BCUT2D eigenvalue weighted by Crippen LogP contribution is 2.19. The molecule has 0 aliphatic heterocycles. The van der Waals surface area contributed by atoms with Crippen molar-refractivity contribution in [1.82, 2.24) is 14.9 Å². The Morgan fingerprint density at radius 2 is 1.89 bits per heavy atom. The van der Waals surface area contributed by atoms with Gasteiger partial charge in [0.05, 0.1) is 17.3 Å². The van der Waals surface area contributed by atoms with Crippen molar-refractivity contribution in [3.63, 3.8) is 0 Å². The number of carbonyl (C=O) groups is 2. The van der Waals surface area contributed by atoms with Crippen LogP contribution < -0.4 is 15.8 Å². The molecule has 1 aromatic carbocycles. The highest BCUT2D eigenvalue weighted by molar-refractivity contribution is 5.99. The number of fused-ring (bicyclic) bond motifs is 1. The fraction of sp³-hybridized carbons (Fsp3) is 0.286. The lowest BCUT2D eigenvalue weighted by molar-refractivity contribution is -0.127. The van der Waals surface area contributed by atoms with Gasteiger partial charge >= 0.3 is 0 Å². The van der Waals surface area contributed by atoms with Gasteiger partial charge < -0.3 is 15.8 Å². The standard InChI is InChI=1S/C21H24N4O3/c1-13(2)16-4-6-17(7-5-16)28-14(3)21(27)23-11-15-8-9-25-19(10-15)18(12-24-25)20(22)26/h4-10,12-14H,11H2,1-3H3,(H2,22,26)(H,23,27). The fourth-order valence-corrected chi connectivity index (χ4v) is 2.85. The zero-order chi connectivity index (χ0) is 20.3. The highest BCUT2D eigenvalue weighted by atomic mass is 16.5. The van der Waals surface area contributed by atoms with Gasteiger partial charge in [0.15, 0.2) is 6.10 Å². The zero-order valence-electron chi connectivity index (χ0n) is 16.2. The lowest BCUT2D eigenvalue weighted by atomic mass is 10.0. The van der Waals surface area contributed by atoms with Crippen LogP contribution in [0.2, 0.25) is 0 Å². The first kappa shape index (κ1) is 19.4. The number of pyridine rings is 1. The van der Waals surface area contributed by atoms with Crippen molar-refractivity contribution < 1.29 is 14.3 Å². The van der Waals surface area contributed by atoms with Crippen molar-refractivity contribution in [2.24, 2.45) is 5.73 Å². The van der Waals surface area contributed by atoms with Crippen molar-refractivity contribution >= 4 is 17.3 Å². The van der Waals surface area contributed by atoms with Gasteiger partial charge in [0, 0.05) is 12.7 Å². The van der Waals surface area contributed by atoms with Crippen LogP contribution in [0.15, 0.2) is 48.8 Å². The summed E-state index contributed by atoms with van der Waals surface area (Å²) in [4.78, 5) is 23.8. The van der Waals surface area contributed by atoms with Gasteiger partial charge in [-0.25, -0.2) is 4.52 Å². The molecule has 0 saturated heterocycles. The van der Waals surface area contributed by atoms with Crippen LogP contribution in [-0.4, -0.2) is 27.5 Å². The summed E-state index contributed by atoms with van der Waals surface area (Å²) in [6.07, 6.45) is 2.52. The van der Waals surface area contributed by atoms with Gasteiger partial charge in [-0.1, -0.05) is 26.0 Å². The predicted molar refractivity (Wildman–Crippen MR) is 106 cm³/mol. The number of nitrogens with zero attached hydrogens (tertiary/aromatic N) is 2. The molecule has 2 aromatic heterocycles. The molecule has 7 nitrogen and oxygen atoms in total. The molecule has 0 radical (unpaired) electrons. The van der Waals surface area contributed by atoms with E-state index < -0.39 is 12.0 Å². The van der Waals surface area contributed by atoms with E-state index >= 15 is 0 Å². The van der Waals surface area contributed by atoms with E-state index in [1.165, 1.54) is 11.8 Å². The summed E-state index contributed by atoms with van der Waals surface area (Å²) in [5.41, 5.74) is 8.35. The number of nitrogens with two attached hydrogens (primary N) is 1. The van der Waals surface area contributed by atoms with Crippen molar-refractivity contribution in [3.05, 3.63) is 65.5 Å². The number of benzene rings is 1. The Balaban J connectivity index is 1.60. The number of hydrogen-bond donors (Lipinski definition) is 2. The SMILES string of the molecule is CC(Oc1ccc(C(C)C)cc1)C(=O)NCc1ccn2ncc(C(N)=O)c2c1. The topological polar surface area (TPSA) is 98.7 Å². The van der Waals surface area contributed by atoms with E-state index in [0.717, 1.165) is 5.56 Å². The van der Waals surface area contributed by atoms with Crippen LogP contribution in [0.25, 0.3) is 5.52 Å². The Morgan fingerprint density at radius 3 is 2.54 bits per heavy atom. The minimum absolute atomic E-state index is 0.226. The molecule has 1 atom stereocenters. The molecule has 146 valence electrons. The van der Waals surface area contributed by atoms with Crippen molar-refractivity contribution in [2.45, 2.75) is 39.3 Å². The lowest BCUT2D eigenvalue weighted by Crippen LogP contribution is -2.35. The molecule has 2 amide bonds. The molecule has 0 aliphatic rings. The van der Waals surface area contributed by atoms with Gasteiger partial charge in [-0.2, -0.15) is 5.10 Å².